The summed E-state index contributed by atoms with van der Waals surface area (Å²) in [5.41, 5.74) is 5.65. The number of alkyl carbamates (subject to hydrolysis) is 1. The topological polar surface area (TPSA) is 108 Å². The second-order valence-corrected chi connectivity index (χ2v) is 10.5. The first-order chi connectivity index (χ1) is 19.5. The van der Waals surface area contributed by atoms with Gasteiger partial charge in [-0.15, -0.1) is 0 Å². The summed E-state index contributed by atoms with van der Waals surface area (Å²) < 4.78 is 5.61. The van der Waals surface area contributed by atoms with Crippen LogP contribution in [0.3, 0.4) is 0 Å². The van der Waals surface area contributed by atoms with E-state index in [0.717, 1.165) is 48.2 Å². The average molecular weight is 542 g/mol. The first-order valence-electron chi connectivity index (χ1n) is 13.9. The van der Waals surface area contributed by atoms with E-state index in [0.29, 0.717) is 6.54 Å². The fraction of sp³-hybridized carbons (Fsp3) is 0.344. The van der Waals surface area contributed by atoms with E-state index < -0.39 is 18.1 Å². The third-order valence-corrected chi connectivity index (χ3v) is 7.70. The van der Waals surface area contributed by atoms with E-state index in [1.54, 1.807) is 0 Å². The van der Waals surface area contributed by atoms with Gasteiger partial charge in [-0.1, -0.05) is 78.9 Å². The molecule has 5 rings (SSSR count). The van der Waals surface area contributed by atoms with Crippen molar-refractivity contribution in [2.75, 3.05) is 19.7 Å². The van der Waals surface area contributed by atoms with Gasteiger partial charge in [0.1, 0.15) is 12.6 Å². The Balaban J connectivity index is 1.18. The zero-order valence-electron chi connectivity index (χ0n) is 22.4. The Morgan fingerprint density at radius 3 is 2.25 bits per heavy atom. The average Bonchev–Trinajstić information content (AvgIpc) is 3.28. The molecule has 3 aromatic carbocycles. The standard InChI is InChI=1S/C32H35N3O5/c36-30(37)17-16-29(31(38)33-23-11-8-18-35(20-23)19-22-9-2-1-3-10-22)34-32(39)40-21-28-26-14-6-4-12-24(26)25-13-5-7-15-27(25)28/h1-7,9-10,12-15,23,28-29H,8,11,16-21H2,(H,33,38)(H,34,39)(H,36,37). The minimum Gasteiger partial charge on any atom is -0.481 e. The Kier molecular flexibility index (Phi) is 8.76. The maximum atomic E-state index is 13.2. The fourth-order valence-electron chi connectivity index (χ4n) is 5.78. The molecular formula is C32H35N3O5. The molecule has 40 heavy (non-hydrogen) atoms. The lowest BCUT2D eigenvalue weighted by Gasteiger charge is -2.34. The van der Waals surface area contributed by atoms with Crippen molar-refractivity contribution in [1.29, 1.82) is 0 Å². The van der Waals surface area contributed by atoms with Gasteiger partial charge >= 0.3 is 12.1 Å². The van der Waals surface area contributed by atoms with Gasteiger partial charge in [-0.25, -0.2) is 4.79 Å². The van der Waals surface area contributed by atoms with E-state index in [1.165, 1.54) is 5.56 Å². The number of carboxylic acid groups (broad SMARTS) is 1. The maximum Gasteiger partial charge on any atom is 0.407 e. The molecule has 2 atom stereocenters. The maximum absolute atomic E-state index is 13.2. The van der Waals surface area contributed by atoms with Gasteiger partial charge in [-0.3, -0.25) is 14.5 Å². The van der Waals surface area contributed by atoms with Crippen LogP contribution in [0.5, 0.6) is 0 Å². The van der Waals surface area contributed by atoms with E-state index in [-0.39, 0.29) is 37.3 Å². The summed E-state index contributed by atoms with van der Waals surface area (Å²) in [5.74, 6) is -1.53. The molecule has 2 aliphatic rings. The van der Waals surface area contributed by atoms with Crippen LogP contribution in [0.15, 0.2) is 78.9 Å². The number of rotatable bonds is 10. The molecule has 1 saturated heterocycles. The van der Waals surface area contributed by atoms with Crippen molar-refractivity contribution in [2.24, 2.45) is 0 Å². The molecule has 1 fully saturated rings. The molecule has 0 spiro atoms. The van der Waals surface area contributed by atoms with E-state index in [1.807, 2.05) is 54.6 Å². The number of carboxylic acids is 1. The molecule has 0 saturated carbocycles. The number of piperidine rings is 1. The Morgan fingerprint density at radius 2 is 1.57 bits per heavy atom. The molecule has 2 amide bonds. The SMILES string of the molecule is O=C(O)CCC(NC(=O)OCC1c2ccccc2-c2ccccc21)C(=O)NC1CCCN(Cc2ccccc2)C1. The summed E-state index contributed by atoms with van der Waals surface area (Å²) in [6, 6.07) is 25.2. The third-order valence-electron chi connectivity index (χ3n) is 7.70. The molecule has 1 heterocycles. The van der Waals surface area contributed by atoms with Crippen LogP contribution in [0.2, 0.25) is 0 Å². The number of benzene rings is 3. The molecule has 208 valence electrons. The number of carbonyl (C=O) groups is 3. The molecule has 2 unspecified atom stereocenters. The van der Waals surface area contributed by atoms with Crippen LogP contribution < -0.4 is 10.6 Å². The van der Waals surface area contributed by atoms with Gasteiger partial charge in [-0.05, 0) is 53.6 Å². The first kappa shape index (κ1) is 27.4. The lowest BCUT2D eigenvalue weighted by Crippen LogP contribution is -2.53. The van der Waals surface area contributed by atoms with Crippen LogP contribution in [-0.4, -0.2) is 59.8 Å². The number of fused-ring (bicyclic) bond motifs is 3. The molecule has 0 bridgehead atoms. The second-order valence-electron chi connectivity index (χ2n) is 10.5. The van der Waals surface area contributed by atoms with Gasteiger partial charge in [0.2, 0.25) is 5.91 Å². The van der Waals surface area contributed by atoms with Gasteiger partial charge < -0.3 is 20.5 Å². The highest BCUT2D eigenvalue weighted by Crippen LogP contribution is 2.44. The number of hydrogen-bond acceptors (Lipinski definition) is 5. The molecule has 8 heteroatoms. The number of likely N-dealkylation sites (tertiary alicyclic amines) is 1. The van der Waals surface area contributed by atoms with Crippen molar-refractivity contribution in [3.05, 3.63) is 95.6 Å². The predicted octanol–water partition coefficient (Wildman–Crippen LogP) is 4.54. The van der Waals surface area contributed by atoms with Crippen molar-refractivity contribution >= 4 is 18.0 Å². The van der Waals surface area contributed by atoms with E-state index in [2.05, 4.69) is 39.8 Å². The van der Waals surface area contributed by atoms with Crippen LogP contribution in [0.1, 0.15) is 48.3 Å². The Hall–Kier alpha value is -4.17. The Morgan fingerprint density at radius 1 is 0.925 bits per heavy atom. The van der Waals surface area contributed by atoms with E-state index in [9.17, 15) is 19.5 Å². The van der Waals surface area contributed by atoms with Crippen molar-refractivity contribution in [1.82, 2.24) is 15.5 Å². The highest BCUT2D eigenvalue weighted by atomic mass is 16.5. The van der Waals surface area contributed by atoms with E-state index >= 15 is 0 Å². The summed E-state index contributed by atoms with van der Waals surface area (Å²) in [7, 11) is 0. The van der Waals surface area contributed by atoms with Crippen LogP contribution in [0.4, 0.5) is 4.79 Å². The summed E-state index contributed by atoms with van der Waals surface area (Å²) >= 11 is 0. The van der Waals surface area contributed by atoms with Crippen molar-refractivity contribution in [2.45, 2.75) is 50.2 Å². The molecule has 0 aromatic heterocycles. The van der Waals surface area contributed by atoms with Crippen molar-refractivity contribution < 1.29 is 24.2 Å². The first-order valence-corrected chi connectivity index (χ1v) is 13.9. The largest absolute Gasteiger partial charge is 0.481 e. The highest BCUT2D eigenvalue weighted by Gasteiger charge is 2.31. The lowest BCUT2D eigenvalue weighted by atomic mass is 9.98. The van der Waals surface area contributed by atoms with Gasteiger partial charge in [0.05, 0.1) is 0 Å². The number of ether oxygens (including phenoxy) is 1. The smallest absolute Gasteiger partial charge is 0.407 e. The number of nitrogens with one attached hydrogen (secondary N) is 2. The molecule has 3 aromatic rings. The summed E-state index contributed by atoms with van der Waals surface area (Å²) in [4.78, 5) is 39.7. The van der Waals surface area contributed by atoms with Crippen molar-refractivity contribution in [3.63, 3.8) is 0 Å². The van der Waals surface area contributed by atoms with Gasteiger partial charge in [0.25, 0.3) is 0 Å². The van der Waals surface area contributed by atoms with E-state index in [4.69, 9.17) is 4.74 Å². The van der Waals surface area contributed by atoms with Crippen LogP contribution in [0, 0.1) is 0 Å². The van der Waals surface area contributed by atoms with Crippen LogP contribution in [-0.2, 0) is 20.9 Å². The number of hydrogen-bond donors (Lipinski definition) is 3. The minimum absolute atomic E-state index is 0.0220. The van der Waals surface area contributed by atoms with Gasteiger partial charge in [0, 0.05) is 31.5 Å². The number of carbonyl (C=O) groups excluding carboxylic acids is 2. The zero-order valence-corrected chi connectivity index (χ0v) is 22.4. The van der Waals surface area contributed by atoms with Crippen LogP contribution >= 0.6 is 0 Å². The number of aliphatic carboxylic acids is 1. The third kappa shape index (κ3) is 6.69. The number of nitrogens with zero attached hydrogens (tertiary/aromatic N) is 1. The molecule has 8 nitrogen and oxygen atoms in total. The lowest BCUT2D eigenvalue weighted by molar-refractivity contribution is -0.137. The van der Waals surface area contributed by atoms with Gasteiger partial charge in [0.15, 0.2) is 0 Å². The summed E-state index contributed by atoms with van der Waals surface area (Å²) in [6.07, 6.45) is 0.769. The predicted molar refractivity (Wildman–Crippen MR) is 152 cm³/mol. The number of amides is 2. The molecule has 1 aliphatic carbocycles. The normalized spacial score (nSPS) is 17.4. The van der Waals surface area contributed by atoms with Crippen LogP contribution in [0.25, 0.3) is 11.1 Å². The van der Waals surface area contributed by atoms with Gasteiger partial charge in [-0.2, -0.15) is 0 Å². The molecule has 1 aliphatic heterocycles. The quantitative estimate of drug-likeness (QED) is 0.348. The summed E-state index contributed by atoms with van der Waals surface area (Å²) in [6.45, 7) is 2.55. The zero-order chi connectivity index (χ0) is 27.9. The second kappa shape index (κ2) is 12.8. The monoisotopic (exact) mass is 541 g/mol. The molecular weight excluding hydrogens is 506 g/mol. The van der Waals surface area contributed by atoms with Crippen molar-refractivity contribution in [3.8, 4) is 11.1 Å². The fourth-order valence-corrected chi connectivity index (χ4v) is 5.78. The highest BCUT2D eigenvalue weighted by molar-refractivity contribution is 5.86. The Bertz CT molecular complexity index is 1300. The molecule has 3 N–H and O–H groups in total. The minimum atomic E-state index is -1.03. The summed E-state index contributed by atoms with van der Waals surface area (Å²) in [5, 5.41) is 14.9. The Labute approximate surface area is 234 Å². The molecule has 0 radical (unpaired) electrons.